The molecule has 140 valence electrons. The van der Waals surface area contributed by atoms with E-state index in [-0.39, 0.29) is 11.9 Å². The standard InChI is InChI=1S/C22H28ClNO2/c1-12-8-14(3)20(11-13(12)2)17(6)24-22(25)18(7)26-19-9-15(4)21(23)16(5)10-19/h8-11,17-18H,1-7H3,(H,24,25). The lowest BCUT2D eigenvalue weighted by atomic mass is 9.96. The van der Waals surface area contributed by atoms with Crippen LogP contribution in [0.3, 0.4) is 0 Å². The maximum Gasteiger partial charge on any atom is 0.261 e. The molecule has 0 heterocycles. The van der Waals surface area contributed by atoms with Crippen molar-refractivity contribution in [1.29, 1.82) is 0 Å². The molecule has 0 radical (unpaired) electrons. The molecular weight excluding hydrogens is 346 g/mol. The smallest absolute Gasteiger partial charge is 0.261 e. The van der Waals surface area contributed by atoms with Crippen molar-refractivity contribution in [3.63, 3.8) is 0 Å². The van der Waals surface area contributed by atoms with Gasteiger partial charge in [0, 0.05) is 5.02 Å². The Morgan fingerprint density at radius 3 is 2.00 bits per heavy atom. The minimum absolute atomic E-state index is 0.0819. The Hall–Kier alpha value is -2.00. The lowest BCUT2D eigenvalue weighted by molar-refractivity contribution is -0.127. The van der Waals surface area contributed by atoms with Crippen molar-refractivity contribution < 1.29 is 9.53 Å². The van der Waals surface area contributed by atoms with Gasteiger partial charge < -0.3 is 10.1 Å². The van der Waals surface area contributed by atoms with Gasteiger partial charge in [0.1, 0.15) is 5.75 Å². The van der Waals surface area contributed by atoms with E-state index in [1.54, 1.807) is 6.92 Å². The summed E-state index contributed by atoms with van der Waals surface area (Å²) in [4.78, 5) is 12.6. The van der Waals surface area contributed by atoms with Gasteiger partial charge in [0.05, 0.1) is 6.04 Å². The number of hydrogen-bond donors (Lipinski definition) is 1. The lowest BCUT2D eigenvalue weighted by Crippen LogP contribution is -2.38. The molecular formula is C22H28ClNO2. The van der Waals surface area contributed by atoms with E-state index in [0.29, 0.717) is 5.75 Å². The zero-order valence-corrected chi connectivity index (χ0v) is 17.4. The Bertz CT molecular complexity index is 806. The van der Waals surface area contributed by atoms with Gasteiger partial charge in [-0.1, -0.05) is 23.7 Å². The summed E-state index contributed by atoms with van der Waals surface area (Å²) in [5.74, 6) is 0.516. The summed E-state index contributed by atoms with van der Waals surface area (Å²) < 4.78 is 5.83. The molecule has 0 saturated heterocycles. The summed E-state index contributed by atoms with van der Waals surface area (Å²) in [6, 6.07) is 7.94. The first kappa shape index (κ1) is 20.3. The predicted molar refractivity (Wildman–Crippen MR) is 108 cm³/mol. The summed E-state index contributed by atoms with van der Waals surface area (Å²) in [6.45, 7) is 13.9. The molecule has 1 N–H and O–H groups in total. The molecule has 2 aromatic carbocycles. The zero-order chi connectivity index (χ0) is 19.6. The van der Waals surface area contributed by atoms with Crippen LogP contribution in [0.25, 0.3) is 0 Å². The number of hydrogen-bond acceptors (Lipinski definition) is 2. The van der Waals surface area contributed by atoms with Crippen LogP contribution < -0.4 is 10.1 Å². The molecule has 1 amide bonds. The van der Waals surface area contributed by atoms with Gasteiger partial charge in [-0.15, -0.1) is 0 Å². The van der Waals surface area contributed by atoms with E-state index in [1.807, 2.05) is 32.9 Å². The number of aryl methyl sites for hydroxylation is 5. The first-order valence-corrected chi connectivity index (χ1v) is 9.29. The minimum Gasteiger partial charge on any atom is -0.481 e. The van der Waals surface area contributed by atoms with Crippen LogP contribution in [0.4, 0.5) is 0 Å². The molecule has 0 aliphatic heterocycles. The van der Waals surface area contributed by atoms with Gasteiger partial charge >= 0.3 is 0 Å². The Kier molecular flexibility index (Phi) is 6.35. The third kappa shape index (κ3) is 4.59. The number of halogens is 1. The molecule has 0 fully saturated rings. The maximum atomic E-state index is 12.6. The molecule has 3 nitrogen and oxygen atoms in total. The summed E-state index contributed by atoms with van der Waals surface area (Å²) in [6.07, 6.45) is -0.593. The van der Waals surface area contributed by atoms with E-state index in [0.717, 1.165) is 21.7 Å². The van der Waals surface area contributed by atoms with E-state index in [9.17, 15) is 4.79 Å². The van der Waals surface area contributed by atoms with Crippen LogP contribution in [0.5, 0.6) is 5.75 Å². The third-order valence-corrected chi connectivity index (χ3v) is 5.40. The highest BCUT2D eigenvalue weighted by molar-refractivity contribution is 6.32. The first-order valence-electron chi connectivity index (χ1n) is 8.91. The lowest BCUT2D eigenvalue weighted by Gasteiger charge is -2.21. The topological polar surface area (TPSA) is 38.3 Å². The van der Waals surface area contributed by atoms with Gasteiger partial charge in [-0.25, -0.2) is 0 Å². The van der Waals surface area contributed by atoms with E-state index < -0.39 is 6.10 Å². The average Bonchev–Trinajstić information content (AvgIpc) is 2.55. The van der Waals surface area contributed by atoms with Crippen molar-refractivity contribution in [2.45, 2.75) is 60.6 Å². The fourth-order valence-electron chi connectivity index (χ4n) is 3.09. The van der Waals surface area contributed by atoms with Crippen molar-refractivity contribution in [3.8, 4) is 5.75 Å². The van der Waals surface area contributed by atoms with Crippen LogP contribution in [0, 0.1) is 34.6 Å². The highest BCUT2D eigenvalue weighted by Crippen LogP contribution is 2.27. The van der Waals surface area contributed by atoms with Gasteiger partial charge in [0.15, 0.2) is 6.10 Å². The van der Waals surface area contributed by atoms with Crippen LogP contribution in [-0.2, 0) is 4.79 Å². The van der Waals surface area contributed by atoms with Crippen molar-refractivity contribution in [2.24, 2.45) is 0 Å². The molecule has 2 unspecified atom stereocenters. The molecule has 2 atom stereocenters. The fourth-order valence-corrected chi connectivity index (χ4v) is 3.20. The molecule has 0 saturated carbocycles. The number of amides is 1. The van der Waals surface area contributed by atoms with Crippen LogP contribution in [0.1, 0.15) is 53.3 Å². The molecule has 0 bridgehead atoms. The molecule has 0 spiro atoms. The van der Waals surface area contributed by atoms with Crippen molar-refractivity contribution in [3.05, 3.63) is 62.7 Å². The average molecular weight is 374 g/mol. The molecule has 0 aliphatic rings. The normalized spacial score (nSPS) is 13.2. The molecule has 4 heteroatoms. The summed E-state index contributed by atoms with van der Waals surface area (Å²) in [5, 5.41) is 3.78. The fraction of sp³-hybridized carbons (Fsp3) is 0.409. The number of carbonyl (C=O) groups excluding carboxylic acids is 1. The molecule has 0 aliphatic carbocycles. The Morgan fingerprint density at radius 2 is 1.42 bits per heavy atom. The Balaban J connectivity index is 2.08. The monoisotopic (exact) mass is 373 g/mol. The maximum absolute atomic E-state index is 12.6. The van der Waals surface area contributed by atoms with Crippen LogP contribution in [0.2, 0.25) is 5.02 Å². The van der Waals surface area contributed by atoms with Gasteiger partial charge in [-0.2, -0.15) is 0 Å². The molecule has 0 aromatic heterocycles. The van der Waals surface area contributed by atoms with E-state index in [2.05, 4.69) is 38.2 Å². The summed E-state index contributed by atoms with van der Waals surface area (Å²) in [7, 11) is 0. The third-order valence-electron chi connectivity index (χ3n) is 4.80. The second-order valence-corrected chi connectivity index (χ2v) is 7.53. The second kappa shape index (κ2) is 8.13. The molecule has 2 aromatic rings. The number of nitrogens with one attached hydrogen (secondary N) is 1. The van der Waals surface area contributed by atoms with Crippen LogP contribution in [0.15, 0.2) is 24.3 Å². The van der Waals surface area contributed by atoms with E-state index >= 15 is 0 Å². The quantitative estimate of drug-likeness (QED) is 0.748. The minimum atomic E-state index is -0.593. The van der Waals surface area contributed by atoms with Crippen molar-refractivity contribution in [1.82, 2.24) is 5.32 Å². The van der Waals surface area contributed by atoms with Crippen LogP contribution >= 0.6 is 11.6 Å². The van der Waals surface area contributed by atoms with Gasteiger partial charge in [0.2, 0.25) is 0 Å². The zero-order valence-electron chi connectivity index (χ0n) is 16.7. The van der Waals surface area contributed by atoms with Gasteiger partial charge in [0.25, 0.3) is 5.91 Å². The predicted octanol–water partition coefficient (Wildman–Crippen LogP) is 5.53. The summed E-state index contributed by atoms with van der Waals surface area (Å²) >= 11 is 6.19. The highest BCUT2D eigenvalue weighted by atomic mass is 35.5. The number of carbonyl (C=O) groups is 1. The highest BCUT2D eigenvalue weighted by Gasteiger charge is 2.19. The second-order valence-electron chi connectivity index (χ2n) is 7.15. The van der Waals surface area contributed by atoms with Gasteiger partial charge in [-0.05, 0) is 94.0 Å². The SMILES string of the molecule is Cc1cc(C)c(C(C)NC(=O)C(C)Oc2cc(C)c(Cl)c(C)c2)cc1C. The van der Waals surface area contributed by atoms with Crippen LogP contribution in [-0.4, -0.2) is 12.0 Å². The van der Waals surface area contributed by atoms with Gasteiger partial charge in [-0.3, -0.25) is 4.79 Å². The van der Waals surface area contributed by atoms with Crippen molar-refractivity contribution >= 4 is 17.5 Å². The van der Waals surface area contributed by atoms with E-state index in [4.69, 9.17) is 16.3 Å². The Labute approximate surface area is 161 Å². The van der Waals surface area contributed by atoms with Crippen molar-refractivity contribution in [2.75, 3.05) is 0 Å². The molecule has 26 heavy (non-hydrogen) atoms. The number of benzene rings is 2. The molecule has 2 rings (SSSR count). The number of ether oxygens (including phenoxy) is 1. The first-order chi connectivity index (χ1) is 12.1. The Morgan fingerprint density at radius 1 is 0.885 bits per heavy atom. The summed E-state index contributed by atoms with van der Waals surface area (Å²) in [5.41, 5.74) is 6.67. The van der Waals surface area contributed by atoms with E-state index in [1.165, 1.54) is 16.7 Å². The number of rotatable bonds is 5. The largest absolute Gasteiger partial charge is 0.481 e.